The van der Waals surface area contributed by atoms with Crippen LogP contribution in [-0.2, 0) is 22.0 Å². The molecular weight excluding hydrogens is 472 g/mol. The van der Waals surface area contributed by atoms with E-state index < -0.39 is 14.1 Å². The van der Waals surface area contributed by atoms with E-state index in [0.29, 0.717) is 18.6 Å². The third-order valence-corrected chi connectivity index (χ3v) is 11.5. The van der Waals surface area contributed by atoms with E-state index >= 15 is 0 Å². The Balaban J connectivity index is 1.91. The number of phenolic OH excluding ortho intramolecular Hbond substituents is 1. The molecule has 3 rings (SSSR count). The summed E-state index contributed by atoms with van der Waals surface area (Å²) in [5.74, 6) is -0.904. The van der Waals surface area contributed by atoms with Crippen LogP contribution in [0.15, 0.2) is 59.9 Å². The highest BCUT2D eigenvalue weighted by Gasteiger charge is 2.38. The summed E-state index contributed by atoms with van der Waals surface area (Å²) in [7, 11) is 0.905. The van der Waals surface area contributed by atoms with Gasteiger partial charge in [0.05, 0.1) is 32.0 Å². The molecule has 2 aromatic carbocycles. The van der Waals surface area contributed by atoms with Crippen LogP contribution >= 0.6 is 0 Å². The zero-order valence-electron chi connectivity index (χ0n) is 22.2. The van der Waals surface area contributed by atoms with Gasteiger partial charge in [0.25, 0.3) is 0 Å². The molecule has 0 aromatic heterocycles. The number of ketones is 2. The number of carbonyl (C=O) groups excluding carboxylic acids is 2. The zero-order chi connectivity index (χ0) is 26.7. The summed E-state index contributed by atoms with van der Waals surface area (Å²) in [5, 5.41) is 11.1. The molecule has 0 bridgehead atoms. The number of allylic oxidation sites excluding steroid dienone is 3. The summed E-state index contributed by atoms with van der Waals surface area (Å²) in [6.45, 7) is 11.4. The number of ether oxygens (including phenoxy) is 2. The molecule has 1 aliphatic carbocycles. The Bertz CT molecular complexity index is 1200. The molecule has 0 saturated heterocycles. The zero-order valence-corrected chi connectivity index (χ0v) is 23.2. The van der Waals surface area contributed by atoms with Crippen LogP contribution in [0.4, 0.5) is 0 Å². The van der Waals surface area contributed by atoms with Crippen LogP contribution in [0, 0.1) is 0 Å². The number of fused-ring (bicyclic) bond motifs is 1. The average molecular weight is 509 g/mol. The molecule has 0 saturated carbocycles. The van der Waals surface area contributed by atoms with Crippen molar-refractivity contribution in [3.8, 4) is 11.5 Å². The number of aromatic hydroxyl groups is 1. The van der Waals surface area contributed by atoms with E-state index in [2.05, 4.69) is 33.9 Å². The second kappa shape index (κ2) is 10.8. The highest BCUT2D eigenvalue weighted by atomic mass is 28.4. The Morgan fingerprint density at radius 2 is 1.64 bits per heavy atom. The second-order valence-corrected chi connectivity index (χ2v) is 15.2. The Hall–Kier alpha value is -3.16. The van der Waals surface area contributed by atoms with Gasteiger partial charge in [0, 0.05) is 17.5 Å². The van der Waals surface area contributed by atoms with Crippen molar-refractivity contribution in [3.63, 3.8) is 0 Å². The van der Waals surface area contributed by atoms with Gasteiger partial charge in [-0.1, -0.05) is 63.3 Å². The lowest BCUT2D eigenvalue weighted by atomic mass is 9.83. The number of hydrogen-bond acceptors (Lipinski definition) is 6. The fourth-order valence-electron chi connectivity index (χ4n) is 3.90. The highest BCUT2D eigenvalue weighted by Crippen LogP contribution is 2.42. The predicted octanol–water partition coefficient (Wildman–Crippen LogP) is 6.04. The molecule has 0 spiro atoms. The van der Waals surface area contributed by atoms with Gasteiger partial charge in [-0.2, -0.15) is 0 Å². The largest absolute Gasteiger partial charge is 0.504 e. The van der Waals surface area contributed by atoms with Crippen molar-refractivity contribution in [1.82, 2.24) is 0 Å². The summed E-state index contributed by atoms with van der Waals surface area (Å²) >= 11 is 0. The maximum atomic E-state index is 13.5. The van der Waals surface area contributed by atoms with Crippen LogP contribution < -0.4 is 4.74 Å². The molecule has 36 heavy (non-hydrogen) atoms. The van der Waals surface area contributed by atoms with Crippen molar-refractivity contribution >= 4 is 19.9 Å². The van der Waals surface area contributed by atoms with Gasteiger partial charge in [-0.05, 0) is 36.2 Å². The Labute approximate surface area is 214 Å². The third-order valence-electron chi connectivity index (χ3n) is 7.04. The first-order valence-corrected chi connectivity index (χ1v) is 15.0. The lowest BCUT2D eigenvalue weighted by Crippen LogP contribution is -2.40. The summed E-state index contributed by atoms with van der Waals surface area (Å²) < 4.78 is 17.0. The number of carbonyl (C=O) groups is 2. The monoisotopic (exact) mass is 508 g/mol. The van der Waals surface area contributed by atoms with Crippen molar-refractivity contribution in [2.45, 2.75) is 51.7 Å². The van der Waals surface area contributed by atoms with Gasteiger partial charge in [0.1, 0.15) is 0 Å². The lowest BCUT2D eigenvalue weighted by molar-refractivity contribution is 0.0901. The first kappa shape index (κ1) is 27.4. The van der Waals surface area contributed by atoms with Crippen LogP contribution in [0.2, 0.25) is 18.1 Å². The van der Waals surface area contributed by atoms with E-state index in [-0.39, 0.29) is 51.2 Å². The van der Waals surface area contributed by atoms with Crippen molar-refractivity contribution in [2.75, 3.05) is 20.8 Å². The Kier molecular flexibility index (Phi) is 8.26. The van der Waals surface area contributed by atoms with E-state index in [0.717, 1.165) is 5.56 Å². The molecule has 2 aromatic rings. The summed E-state index contributed by atoms with van der Waals surface area (Å²) in [4.78, 5) is 26.9. The van der Waals surface area contributed by atoms with Gasteiger partial charge in [-0.25, -0.2) is 0 Å². The molecule has 1 aliphatic rings. The van der Waals surface area contributed by atoms with Crippen LogP contribution in [0.1, 0.15) is 52.6 Å². The number of hydrogen-bond donors (Lipinski definition) is 1. The molecule has 0 atom stereocenters. The Morgan fingerprint density at radius 1 is 0.972 bits per heavy atom. The maximum absolute atomic E-state index is 13.5. The molecule has 7 heteroatoms. The van der Waals surface area contributed by atoms with Gasteiger partial charge in [0.2, 0.25) is 5.78 Å². The normalized spacial score (nSPS) is 14.4. The van der Waals surface area contributed by atoms with Gasteiger partial charge in [-0.15, -0.1) is 0 Å². The van der Waals surface area contributed by atoms with Gasteiger partial charge >= 0.3 is 0 Å². The summed E-state index contributed by atoms with van der Waals surface area (Å²) in [6.07, 6.45) is 4.38. The minimum atomic E-state index is -1.86. The van der Waals surface area contributed by atoms with Gasteiger partial charge in [-0.3, -0.25) is 9.59 Å². The molecular formula is C29H36O6Si. The van der Waals surface area contributed by atoms with Crippen molar-refractivity contribution in [2.24, 2.45) is 0 Å². The fourth-order valence-corrected chi connectivity index (χ4v) is 4.85. The first-order chi connectivity index (χ1) is 16.9. The minimum Gasteiger partial charge on any atom is -0.504 e. The second-order valence-electron chi connectivity index (χ2n) is 10.4. The van der Waals surface area contributed by atoms with E-state index in [1.807, 2.05) is 42.5 Å². The van der Waals surface area contributed by atoms with E-state index in [4.69, 9.17) is 13.9 Å². The number of methoxy groups -OCH3 is 2. The first-order valence-electron chi connectivity index (χ1n) is 12.0. The van der Waals surface area contributed by atoms with Crippen LogP contribution in [0.25, 0.3) is 0 Å². The molecule has 0 unspecified atom stereocenters. The molecule has 0 aliphatic heterocycles. The topological polar surface area (TPSA) is 82.1 Å². The smallest absolute Gasteiger partial charge is 0.228 e. The number of benzene rings is 2. The molecule has 0 heterocycles. The van der Waals surface area contributed by atoms with Crippen LogP contribution in [0.3, 0.4) is 0 Å². The van der Waals surface area contributed by atoms with Crippen molar-refractivity contribution < 1.29 is 28.6 Å². The predicted molar refractivity (Wildman–Crippen MR) is 143 cm³/mol. The van der Waals surface area contributed by atoms with Crippen molar-refractivity contribution in [3.05, 3.63) is 82.1 Å². The molecule has 1 N–H and O–H groups in total. The molecule has 192 valence electrons. The maximum Gasteiger partial charge on any atom is 0.228 e. The van der Waals surface area contributed by atoms with Crippen LogP contribution in [-0.4, -0.2) is 45.8 Å². The molecule has 0 radical (unpaired) electrons. The summed E-state index contributed by atoms with van der Waals surface area (Å²) in [5.41, 5.74) is 1.84. The lowest BCUT2D eigenvalue weighted by Gasteiger charge is -2.35. The van der Waals surface area contributed by atoms with Gasteiger partial charge in [0.15, 0.2) is 31.4 Å². The molecule has 0 fully saturated rings. The number of phenols is 1. The molecule has 6 nitrogen and oxygen atoms in total. The quantitative estimate of drug-likeness (QED) is 0.328. The fraction of sp³-hybridized carbons (Fsp3) is 0.379. The van der Waals surface area contributed by atoms with Crippen LogP contribution in [0.5, 0.6) is 11.5 Å². The Morgan fingerprint density at radius 3 is 2.22 bits per heavy atom. The van der Waals surface area contributed by atoms with E-state index in [9.17, 15) is 14.7 Å². The highest BCUT2D eigenvalue weighted by molar-refractivity contribution is 6.74. The van der Waals surface area contributed by atoms with E-state index in [1.165, 1.54) is 14.2 Å². The number of rotatable bonds is 9. The SMILES string of the molecule is COC1=C(Cc2ccccc2)C(=O)c2c(cc(C/C=C/CO[Si](C)(C)C(C)(C)C)c(O)c2OC)C1=O. The summed E-state index contributed by atoms with van der Waals surface area (Å²) in [6, 6.07) is 10.9. The molecule has 0 amide bonds. The van der Waals surface area contributed by atoms with Gasteiger partial charge < -0.3 is 19.0 Å². The third kappa shape index (κ3) is 5.47. The standard InChI is InChI=1S/C29H36O6Si/c1-29(2,3)36(6,7)35-16-12-11-15-20-18-21-23(28(34-5)24(20)30)25(31)22(27(33-4)26(21)32)17-19-13-9-8-10-14-19/h8-14,18,30H,15-17H2,1-7H3/b12-11+. The average Bonchev–Trinajstić information content (AvgIpc) is 2.82. The number of Topliss-reactive ketones (excluding diaryl/α,β-unsaturated/α-hetero) is 2. The van der Waals surface area contributed by atoms with Crippen molar-refractivity contribution in [1.29, 1.82) is 0 Å². The van der Waals surface area contributed by atoms with E-state index in [1.54, 1.807) is 6.07 Å². The minimum absolute atomic E-state index is 0.00693.